The van der Waals surface area contributed by atoms with Crippen molar-refractivity contribution in [1.29, 1.82) is 0 Å². The van der Waals surface area contributed by atoms with Gasteiger partial charge in [-0.25, -0.2) is 0 Å². The van der Waals surface area contributed by atoms with Gasteiger partial charge in [0.1, 0.15) is 0 Å². The molecule has 0 heterocycles. The van der Waals surface area contributed by atoms with Crippen molar-refractivity contribution in [2.45, 2.75) is 31.5 Å². The fraction of sp³-hybridized carbons (Fsp3) is 0.455. The molecule has 16 heavy (non-hydrogen) atoms. The molecule has 0 spiro atoms. The molecule has 0 fully saturated rings. The molecular formula is C11H13ClF3N. The summed E-state index contributed by atoms with van der Waals surface area (Å²) in [5.74, 6) is 0. The molecule has 0 unspecified atom stereocenters. The Morgan fingerprint density at radius 2 is 1.94 bits per heavy atom. The van der Waals surface area contributed by atoms with Crippen LogP contribution in [0.4, 0.5) is 13.2 Å². The van der Waals surface area contributed by atoms with E-state index in [1.807, 2.05) is 0 Å². The van der Waals surface area contributed by atoms with E-state index < -0.39 is 11.7 Å². The van der Waals surface area contributed by atoms with Gasteiger partial charge >= 0.3 is 6.18 Å². The van der Waals surface area contributed by atoms with Gasteiger partial charge in [-0.3, -0.25) is 0 Å². The Kier molecular flexibility index (Phi) is 3.86. The smallest absolute Gasteiger partial charge is 0.324 e. The van der Waals surface area contributed by atoms with Crippen LogP contribution in [0.3, 0.4) is 0 Å². The first-order valence-corrected chi connectivity index (χ1v) is 4.94. The van der Waals surface area contributed by atoms with E-state index in [4.69, 9.17) is 5.73 Å². The van der Waals surface area contributed by atoms with Gasteiger partial charge in [0, 0.05) is 6.04 Å². The molecular weight excluding hydrogens is 239 g/mol. The Morgan fingerprint density at radius 3 is 2.56 bits per heavy atom. The third-order valence-electron chi connectivity index (χ3n) is 2.83. The highest BCUT2D eigenvalue weighted by Gasteiger charge is 2.31. The van der Waals surface area contributed by atoms with E-state index in [1.165, 1.54) is 12.1 Å². The van der Waals surface area contributed by atoms with Crippen LogP contribution in [0, 0.1) is 0 Å². The Labute approximate surface area is 98.2 Å². The van der Waals surface area contributed by atoms with Gasteiger partial charge in [0.2, 0.25) is 0 Å². The molecule has 1 nitrogen and oxygen atoms in total. The zero-order chi connectivity index (χ0) is 11.1. The number of alkyl halides is 3. The maximum absolute atomic E-state index is 12.4. The van der Waals surface area contributed by atoms with E-state index in [9.17, 15) is 13.2 Å². The summed E-state index contributed by atoms with van der Waals surface area (Å²) in [5.41, 5.74) is 6.87. The second-order valence-corrected chi connectivity index (χ2v) is 3.91. The topological polar surface area (TPSA) is 26.0 Å². The van der Waals surface area contributed by atoms with Crippen LogP contribution < -0.4 is 5.73 Å². The molecule has 90 valence electrons. The van der Waals surface area contributed by atoms with Crippen molar-refractivity contribution in [1.82, 2.24) is 0 Å². The van der Waals surface area contributed by atoms with Crippen LogP contribution in [0.2, 0.25) is 0 Å². The fourth-order valence-electron chi connectivity index (χ4n) is 2.03. The average Bonchev–Trinajstić information content (AvgIpc) is 2.16. The minimum atomic E-state index is -4.25. The molecule has 0 saturated heterocycles. The van der Waals surface area contributed by atoms with Gasteiger partial charge in [0.25, 0.3) is 0 Å². The summed E-state index contributed by atoms with van der Waals surface area (Å²) >= 11 is 0. The van der Waals surface area contributed by atoms with Crippen molar-refractivity contribution in [3.05, 3.63) is 34.9 Å². The fourth-order valence-corrected chi connectivity index (χ4v) is 2.03. The van der Waals surface area contributed by atoms with Gasteiger partial charge in [-0.1, -0.05) is 6.07 Å². The zero-order valence-corrected chi connectivity index (χ0v) is 9.37. The summed E-state index contributed by atoms with van der Waals surface area (Å²) in [6, 6.07) is 3.76. The highest BCUT2D eigenvalue weighted by atomic mass is 35.5. The SMILES string of the molecule is Cl.N[C@H]1CCCc2cc(C(F)(F)F)ccc21. The lowest BCUT2D eigenvalue weighted by Gasteiger charge is -2.23. The second-order valence-electron chi connectivity index (χ2n) is 3.91. The van der Waals surface area contributed by atoms with Gasteiger partial charge in [-0.2, -0.15) is 13.2 Å². The maximum atomic E-state index is 12.4. The molecule has 0 radical (unpaired) electrons. The van der Waals surface area contributed by atoms with Crippen LogP contribution in [0.1, 0.15) is 35.6 Å². The highest BCUT2D eigenvalue weighted by Crippen LogP contribution is 2.34. The number of hydrogen-bond acceptors (Lipinski definition) is 1. The van der Waals surface area contributed by atoms with Gasteiger partial charge in [-0.05, 0) is 42.5 Å². The number of rotatable bonds is 0. The molecule has 5 heteroatoms. The van der Waals surface area contributed by atoms with Crippen LogP contribution >= 0.6 is 12.4 Å². The standard InChI is InChI=1S/C11H12F3N.ClH/c12-11(13,14)8-4-5-9-7(6-8)2-1-3-10(9)15;/h4-6,10H,1-3,15H2;1H/t10-;/m0./s1. The Morgan fingerprint density at radius 1 is 1.25 bits per heavy atom. The van der Waals surface area contributed by atoms with E-state index in [-0.39, 0.29) is 18.4 Å². The van der Waals surface area contributed by atoms with Crippen molar-refractivity contribution in [3.63, 3.8) is 0 Å². The van der Waals surface area contributed by atoms with E-state index in [2.05, 4.69) is 0 Å². The van der Waals surface area contributed by atoms with Crippen molar-refractivity contribution in [2.24, 2.45) is 5.73 Å². The van der Waals surface area contributed by atoms with Crippen molar-refractivity contribution in [3.8, 4) is 0 Å². The summed E-state index contributed by atoms with van der Waals surface area (Å²) in [6.07, 6.45) is -1.82. The molecule has 0 aromatic heterocycles. The summed E-state index contributed by atoms with van der Waals surface area (Å²) in [6.45, 7) is 0. The van der Waals surface area contributed by atoms with Crippen molar-refractivity contribution in [2.75, 3.05) is 0 Å². The summed E-state index contributed by atoms with van der Waals surface area (Å²) in [4.78, 5) is 0. The predicted molar refractivity (Wildman–Crippen MR) is 58.6 cm³/mol. The minimum absolute atomic E-state index is 0. The second kappa shape index (κ2) is 4.63. The molecule has 1 aromatic carbocycles. The first-order valence-electron chi connectivity index (χ1n) is 4.94. The highest BCUT2D eigenvalue weighted by molar-refractivity contribution is 5.85. The maximum Gasteiger partial charge on any atom is 0.416 e. The molecule has 0 bridgehead atoms. The largest absolute Gasteiger partial charge is 0.416 e. The number of fused-ring (bicyclic) bond motifs is 1. The van der Waals surface area contributed by atoms with Crippen LogP contribution in [0.5, 0.6) is 0 Å². The number of aryl methyl sites for hydroxylation is 1. The van der Waals surface area contributed by atoms with Crippen LogP contribution in [0.15, 0.2) is 18.2 Å². The van der Waals surface area contributed by atoms with E-state index in [1.54, 1.807) is 0 Å². The first kappa shape index (κ1) is 13.3. The minimum Gasteiger partial charge on any atom is -0.324 e. The Hall–Kier alpha value is -0.740. The van der Waals surface area contributed by atoms with Gasteiger partial charge in [-0.15, -0.1) is 12.4 Å². The van der Waals surface area contributed by atoms with E-state index in [0.717, 1.165) is 30.0 Å². The lowest BCUT2D eigenvalue weighted by Crippen LogP contribution is -2.18. The molecule has 2 N–H and O–H groups in total. The molecule has 0 amide bonds. The predicted octanol–water partition coefficient (Wildman–Crippen LogP) is 3.46. The molecule has 1 aliphatic rings. The zero-order valence-electron chi connectivity index (χ0n) is 8.55. The van der Waals surface area contributed by atoms with Crippen LogP contribution in [-0.2, 0) is 12.6 Å². The molecule has 1 aromatic rings. The van der Waals surface area contributed by atoms with Crippen molar-refractivity contribution < 1.29 is 13.2 Å². The quantitative estimate of drug-likeness (QED) is 0.751. The summed E-state index contributed by atoms with van der Waals surface area (Å²) in [7, 11) is 0. The third-order valence-corrected chi connectivity index (χ3v) is 2.83. The van der Waals surface area contributed by atoms with Gasteiger partial charge in [0.15, 0.2) is 0 Å². The number of benzene rings is 1. The first-order chi connectivity index (χ1) is 6.98. The normalized spacial score (nSPS) is 19.9. The summed E-state index contributed by atoms with van der Waals surface area (Å²) in [5, 5.41) is 0. The lowest BCUT2D eigenvalue weighted by atomic mass is 9.87. The Balaban J connectivity index is 0.00000128. The molecule has 2 rings (SSSR count). The summed E-state index contributed by atoms with van der Waals surface area (Å²) < 4.78 is 37.3. The molecule has 0 aliphatic heterocycles. The van der Waals surface area contributed by atoms with Crippen LogP contribution in [-0.4, -0.2) is 0 Å². The van der Waals surface area contributed by atoms with E-state index in [0.29, 0.717) is 6.42 Å². The monoisotopic (exact) mass is 251 g/mol. The third kappa shape index (κ3) is 2.50. The van der Waals surface area contributed by atoms with E-state index >= 15 is 0 Å². The number of hydrogen-bond donors (Lipinski definition) is 1. The average molecular weight is 252 g/mol. The molecule has 1 atom stereocenters. The Bertz CT molecular complexity index is 376. The van der Waals surface area contributed by atoms with Gasteiger partial charge < -0.3 is 5.73 Å². The molecule has 1 aliphatic carbocycles. The number of halogens is 4. The number of nitrogens with two attached hydrogens (primary N) is 1. The molecule has 0 saturated carbocycles. The van der Waals surface area contributed by atoms with Gasteiger partial charge in [0.05, 0.1) is 5.56 Å². The lowest BCUT2D eigenvalue weighted by molar-refractivity contribution is -0.137. The van der Waals surface area contributed by atoms with Crippen molar-refractivity contribution >= 4 is 12.4 Å². The van der Waals surface area contributed by atoms with Crippen LogP contribution in [0.25, 0.3) is 0 Å².